The Morgan fingerprint density at radius 3 is 3.20 bits per heavy atom. The van der Waals surface area contributed by atoms with Crippen LogP contribution in [0.1, 0.15) is 38.4 Å². The van der Waals surface area contributed by atoms with E-state index in [1.165, 1.54) is 12.8 Å². The summed E-state index contributed by atoms with van der Waals surface area (Å²) in [5.41, 5.74) is -0.0806. The van der Waals surface area contributed by atoms with Crippen LogP contribution in [0.5, 0.6) is 0 Å². The molecule has 2 aliphatic rings. The molecule has 3 rings (SSSR count). The summed E-state index contributed by atoms with van der Waals surface area (Å²) < 4.78 is 2.14. The molecule has 0 aromatic carbocycles. The van der Waals surface area contributed by atoms with Gasteiger partial charge in [0.1, 0.15) is 12.2 Å². The largest absolute Gasteiger partial charge is 0.394 e. The molecule has 1 aromatic rings. The number of aromatic nitrogens is 3. The maximum absolute atomic E-state index is 9.81. The van der Waals surface area contributed by atoms with E-state index in [4.69, 9.17) is 0 Å². The standard InChI is InChI=1S/C14H25N5O/c1-2-15-14(10-20)5-3-4-12(8-14)18-6-7-19-11-16-17-13(19)9-18/h11-12,15,20H,2-10H2,1H3. The quantitative estimate of drug-likeness (QED) is 0.834. The van der Waals surface area contributed by atoms with Crippen LogP contribution in [0.4, 0.5) is 0 Å². The molecule has 1 fully saturated rings. The van der Waals surface area contributed by atoms with Crippen molar-refractivity contribution in [3.63, 3.8) is 0 Å². The van der Waals surface area contributed by atoms with Gasteiger partial charge in [0.2, 0.25) is 0 Å². The van der Waals surface area contributed by atoms with Gasteiger partial charge in [-0.05, 0) is 32.2 Å². The Hall–Kier alpha value is -0.980. The summed E-state index contributed by atoms with van der Waals surface area (Å²) in [4.78, 5) is 2.52. The Labute approximate surface area is 120 Å². The van der Waals surface area contributed by atoms with E-state index in [2.05, 4.69) is 31.9 Å². The van der Waals surface area contributed by atoms with Gasteiger partial charge in [-0.25, -0.2) is 0 Å². The third-order valence-electron chi connectivity index (χ3n) is 4.86. The number of nitrogens with zero attached hydrogens (tertiary/aromatic N) is 4. The summed E-state index contributed by atoms with van der Waals surface area (Å²) in [5.74, 6) is 1.07. The van der Waals surface area contributed by atoms with Crippen LogP contribution in [0.3, 0.4) is 0 Å². The Bertz CT molecular complexity index is 445. The van der Waals surface area contributed by atoms with Gasteiger partial charge in [0.25, 0.3) is 0 Å². The molecule has 1 saturated carbocycles. The average molecular weight is 279 g/mol. The number of hydrogen-bond acceptors (Lipinski definition) is 5. The van der Waals surface area contributed by atoms with Gasteiger partial charge >= 0.3 is 0 Å². The van der Waals surface area contributed by atoms with Crippen LogP contribution in [0.2, 0.25) is 0 Å². The zero-order chi connectivity index (χ0) is 14.0. The van der Waals surface area contributed by atoms with Crippen LogP contribution in [-0.4, -0.2) is 56.0 Å². The molecule has 6 nitrogen and oxygen atoms in total. The van der Waals surface area contributed by atoms with Crippen molar-refractivity contribution in [1.29, 1.82) is 0 Å². The van der Waals surface area contributed by atoms with Crippen LogP contribution in [-0.2, 0) is 13.1 Å². The van der Waals surface area contributed by atoms with Crippen LogP contribution in [0.25, 0.3) is 0 Å². The van der Waals surface area contributed by atoms with Gasteiger partial charge in [-0.3, -0.25) is 4.90 Å². The predicted molar refractivity (Wildman–Crippen MR) is 76.2 cm³/mol. The number of aliphatic hydroxyl groups excluding tert-OH is 1. The Morgan fingerprint density at radius 2 is 2.40 bits per heavy atom. The highest BCUT2D eigenvalue weighted by molar-refractivity contribution is 4.99. The monoisotopic (exact) mass is 279 g/mol. The fourth-order valence-electron chi connectivity index (χ4n) is 3.77. The summed E-state index contributed by atoms with van der Waals surface area (Å²) in [7, 11) is 0. The van der Waals surface area contributed by atoms with E-state index >= 15 is 0 Å². The van der Waals surface area contributed by atoms with Crippen molar-refractivity contribution < 1.29 is 5.11 Å². The summed E-state index contributed by atoms with van der Waals surface area (Å²) in [6.45, 7) is 6.20. The van der Waals surface area contributed by atoms with Crippen molar-refractivity contribution in [2.75, 3.05) is 19.7 Å². The summed E-state index contributed by atoms with van der Waals surface area (Å²) in [6, 6.07) is 0.542. The van der Waals surface area contributed by atoms with Gasteiger partial charge in [0.15, 0.2) is 0 Å². The lowest BCUT2D eigenvalue weighted by molar-refractivity contribution is 0.0471. The number of fused-ring (bicyclic) bond motifs is 1. The highest BCUT2D eigenvalue weighted by Gasteiger charge is 2.38. The van der Waals surface area contributed by atoms with E-state index in [1.54, 1.807) is 0 Å². The molecule has 0 amide bonds. The van der Waals surface area contributed by atoms with Gasteiger partial charge in [0.05, 0.1) is 13.2 Å². The first-order chi connectivity index (χ1) is 9.76. The van der Waals surface area contributed by atoms with Crippen LogP contribution >= 0.6 is 0 Å². The molecular formula is C14H25N5O. The Balaban J connectivity index is 1.68. The number of rotatable bonds is 4. The zero-order valence-corrected chi connectivity index (χ0v) is 12.3. The van der Waals surface area contributed by atoms with E-state index in [0.29, 0.717) is 6.04 Å². The molecule has 1 aliphatic heterocycles. The molecule has 2 unspecified atom stereocenters. The van der Waals surface area contributed by atoms with E-state index < -0.39 is 0 Å². The van der Waals surface area contributed by atoms with Gasteiger partial charge < -0.3 is 15.0 Å². The third-order valence-corrected chi connectivity index (χ3v) is 4.86. The van der Waals surface area contributed by atoms with Gasteiger partial charge in [-0.1, -0.05) is 6.92 Å². The Kier molecular flexibility index (Phi) is 4.05. The van der Waals surface area contributed by atoms with Crippen LogP contribution in [0, 0.1) is 0 Å². The summed E-state index contributed by atoms with van der Waals surface area (Å²) >= 11 is 0. The number of likely N-dealkylation sites (N-methyl/N-ethyl adjacent to an activating group) is 1. The number of hydrogen-bond donors (Lipinski definition) is 2. The second kappa shape index (κ2) is 5.79. The molecule has 0 saturated heterocycles. The molecule has 1 aromatic heterocycles. The normalized spacial score (nSPS) is 31.2. The van der Waals surface area contributed by atoms with E-state index in [-0.39, 0.29) is 12.1 Å². The van der Waals surface area contributed by atoms with Gasteiger partial charge in [-0.15, -0.1) is 10.2 Å². The molecule has 1 aliphatic carbocycles. The van der Waals surface area contributed by atoms with Crippen molar-refractivity contribution in [3.05, 3.63) is 12.2 Å². The molecule has 0 radical (unpaired) electrons. The van der Waals surface area contributed by atoms with E-state index in [1.807, 2.05) is 6.33 Å². The minimum atomic E-state index is -0.0806. The van der Waals surface area contributed by atoms with Crippen molar-refractivity contribution in [1.82, 2.24) is 25.0 Å². The molecular weight excluding hydrogens is 254 g/mol. The molecule has 0 bridgehead atoms. The molecule has 112 valence electrons. The van der Waals surface area contributed by atoms with Crippen molar-refractivity contribution in [2.24, 2.45) is 0 Å². The van der Waals surface area contributed by atoms with Crippen LogP contribution < -0.4 is 5.32 Å². The topological polar surface area (TPSA) is 66.2 Å². The zero-order valence-electron chi connectivity index (χ0n) is 12.3. The lowest BCUT2D eigenvalue weighted by atomic mass is 9.78. The van der Waals surface area contributed by atoms with Crippen molar-refractivity contribution >= 4 is 0 Å². The van der Waals surface area contributed by atoms with Crippen molar-refractivity contribution in [3.8, 4) is 0 Å². The summed E-state index contributed by atoms with van der Waals surface area (Å²) in [5, 5.41) is 21.5. The van der Waals surface area contributed by atoms with Gasteiger partial charge in [-0.2, -0.15) is 0 Å². The van der Waals surface area contributed by atoms with Gasteiger partial charge in [0, 0.05) is 24.7 Å². The minimum absolute atomic E-state index is 0.0806. The fourth-order valence-corrected chi connectivity index (χ4v) is 3.77. The lowest BCUT2D eigenvalue weighted by Crippen LogP contribution is -2.56. The van der Waals surface area contributed by atoms with E-state index in [0.717, 1.165) is 44.8 Å². The molecule has 2 N–H and O–H groups in total. The minimum Gasteiger partial charge on any atom is -0.394 e. The molecule has 20 heavy (non-hydrogen) atoms. The van der Waals surface area contributed by atoms with Crippen LogP contribution in [0.15, 0.2) is 6.33 Å². The van der Waals surface area contributed by atoms with E-state index in [9.17, 15) is 5.11 Å². The second-order valence-electron chi connectivity index (χ2n) is 6.13. The first-order valence-corrected chi connectivity index (χ1v) is 7.73. The van der Waals surface area contributed by atoms with Crippen molar-refractivity contribution in [2.45, 2.75) is 57.3 Å². The molecule has 0 spiro atoms. The number of aliphatic hydroxyl groups is 1. The second-order valence-corrected chi connectivity index (χ2v) is 6.13. The highest BCUT2D eigenvalue weighted by Crippen LogP contribution is 2.32. The first kappa shape index (κ1) is 14.0. The molecule has 6 heteroatoms. The lowest BCUT2D eigenvalue weighted by Gasteiger charge is -2.45. The smallest absolute Gasteiger partial charge is 0.147 e. The molecule has 2 heterocycles. The maximum Gasteiger partial charge on any atom is 0.147 e. The highest BCUT2D eigenvalue weighted by atomic mass is 16.3. The fraction of sp³-hybridized carbons (Fsp3) is 0.857. The maximum atomic E-state index is 9.81. The average Bonchev–Trinajstić information content (AvgIpc) is 2.95. The summed E-state index contributed by atoms with van der Waals surface area (Å²) in [6.07, 6.45) is 6.34. The number of nitrogens with one attached hydrogen (secondary N) is 1. The molecule has 2 atom stereocenters. The predicted octanol–water partition coefficient (Wildman–Crippen LogP) is 0.377. The third kappa shape index (κ3) is 2.60. The SMILES string of the molecule is CCNC1(CO)CCCC(N2CCn3cnnc3C2)C1. The first-order valence-electron chi connectivity index (χ1n) is 7.73. The Morgan fingerprint density at radius 1 is 1.50 bits per heavy atom.